The van der Waals surface area contributed by atoms with Crippen molar-refractivity contribution in [3.8, 4) is 22.6 Å². The van der Waals surface area contributed by atoms with Crippen molar-refractivity contribution in [2.45, 2.75) is 0 Å². The molecule has 6 aromatic carbocycles. The minimum absolute atomic E-state index is 0.242. The number of hydrogen-bond donors (Lipinski definition) is 2. The van der Waals surface area contributed by atoms with Crippen LogP contribution in [0, 0.1) is 0 Å². The number of hydrogen-bond acceptors (Lipinski definition) is 4. The molecule has 0 aliphatic carbocycles. The molecule has 0 unspecified atom stereocenters. The molecule has 0 bridgehead atoms. The van der Waals surface area contributed by atoms with Crippen molar-refractivity contribution in [1.29, 1.82) is 0 Å². The first-order valence-electron chi connectivity index (χ1n) is 13.1. The van der Waals surface area contributed by atoms with Crippen LogP contribution < -0.4 is 9.80 Å². The van der Waals surface area contributed by atoms with Crippen LogP contribution >= 0.6 is 0 Å². The second-order valence-electron chi connectivity index (χ2n) is 9.47. The standard InChI is InChI=1S/C36H28N2O2/c39-35-23-19-33(20-24-35)37(29-7-3-1-4-8-29)31-15-11-27(12-16-31)28-13-17-32(18-14-28)38(30-9-5-2-6-10-30)34-21-25-36(40)26-22-34/h1-26,39-40H. The molecule has 2 N–H and O–H groups in total. The lowest BCUT2D eigenvalue weighted by Crippen LogP contribution is -2.09. The Hall–Kier alpha value is -5.48. The molecule has 194 valence electrons. The molecule has 4 nitrogen and oxygen atoms in total. The molecule has 0 saturated carbocycles. The molecule has 6 rings (SSSR count). The summed E-state index contributed by atoms with van der Waals surface area (Å²) >= 11 is 0. The van der Waals surface area contributed by atoms with Crippen LogP contribution in [0.15, 0.2) is 158 Å². The van der Waals surface area contributed by atoms with Crippen molar-refractivity contribution in [3.05, 3.63) is 158 Å². The second kappa shape index (κ2) is 11.1. The zero-order chi connectivity index (χ0) is 27.3. The largest absolute Gasteiger partial charge is 0.508 e. The number of rotatable bonds is 7. The molecular formula is C36H28N2O2. The van der Waals surface area contributed by atoms with Crippen molar-refractivity contribution in [2.24, 2.45) is 0 Å². The Morgan fingerprint density at radius 1 is 0.275 bits per heavy atom. The lowest BCUT2D eigenvalue weighted by Gasteiger charge is -2.26. The molecule has 0 aromatic heterocycles. The SMILES string of the molecule is Oc1ccc(N(c2ccccc2)c2ccc(-c3ccc(N(c4ccccc4)c4ccc(O)cc4)cc3)cc2)cc1. The predicted molar refractivity (Wildman–Crippen MR) is 165 cm³/mol. The van der Waals surface area contributed by atoms with E-state index in [1.54, 1.807) is 24.3 Å². The monoisotopic (exact) mass is 520 g/mol. The summed E-state index contributed by atoms with van der Waals surface area (Å²) in [5, 5.41) is 19.6. The van der Waals surface area contributed by atoms with Gasteiger partial charge in [-0.05, 0) is 108 Å². The fourth-order valence-electron chi connectivity index (χ4n) is 4.86. The molecule has 4 heteroatoms. The van der Waals surface area contributed by atoms with E-state index in [2.05, 4.69) is 82.6 Å². The molecule has 40 heavy (non-hydrogen) atoms. The normalized spacial score (nSPS) is 10.7. The van der Waals surface area contributed by atoms with Gasteiger partial charge in [-0.2, -0.15) is 0 Å². The Kier molecular flexibility index (Phi) is 6.89. The lowest BCUT2D eigenvalue weighted by atomic mass is 10.0. The number of phenolic OH excluding ortho intramolecular Hbond substituents is 2. The third-order valence-corrected chi connectivity index (χ3v) is 6.83. The van der Waals surface area contributed by atoms with Crippen molar-refractivity contribution < 1.29 is 10.2 Å². The molecule has 0 radical (unpaired) electrons. The van der Waals surface area contributed by atoms with E-state index in [1.807, 2.05) is 60.7 Å². The van der Waals surface area contributed by atoms with Crippen LogP contribution in [0.2, 0.25) is 0 Å². The third kappa shape index (κ3) is 5.24. The van der Waals surface area contributed by atoms with Crippen LogP contribution in [0.1, 0.15) is 0 Å². The van der Waals surface area contributed by atoms with E-state index in [1.165, 1.54) is 0 Å². The topological polar surface area (TPSA) is 46.9 Å². The number of phenols is 2. The number of aromatic hydroxyl groups is 2. The maximum Gasteiger partial charge on any atom is 0.115 e. The highest BCUT2D eigenvalue weighted by Gasteiger charge is 2.14. The van der Waals surface area contributed by atoms with Gasteiger partial charge in [0.1, 0.15) is 11.5 Å². The molecule has 0 heterocycles. The lowest BCUT2D eigenvalue weighted by molar-refractivity contribution is 0.475. The van der Waals surface area contributed by atoms with E-state index in [9.17, 15) is 10.2 Å². The van der Waals surface area contributed by atoms with Gasteiger partial charge in [-0.3, -0.25) is 0 Å². The molecule has 0 aliphatic rings. The van der Waals surface area contributed by atoms with Gasteiger partial charge in [0.25, 0.3) is 0 Å². The van der Waals surface area contributed by atoms with Gasteiger partial charge < -0.3 is 20.0 Å². The number of benzene rings is 6. The average molecular weight is 521 g/mol. The van der Waals surface area contributed by atoms with Crippen LogP contribution in [-0.2, 0) is 0 Å². The van der Waals surface area contributed by atoms with Crippen LogP contribution in [0.25, 0.3) is 11.1 Å². The minimum atomic E-state index is 0.242. The highest BCUT2D eigenvalue weighted by molar-refractivity contribution is 5.80. The number of anilines is 6. The molecule has 0 amide bonds. The van der Waals surface area contributed by atoms with Gasteiger partial charge in [0.2, 0.25) is 0 Å². The zero-order valence-corrected chi connectivity index (χ0v) is 21.8. The highest BCUT2D eigenvalue weighted by atomic mass is 16.3. The van der Waals surface area contributed by atoms with Gasteiger partial charge in [-0.15, -0.1) is 0 Å². The van der Waals surface area contributed by atoms with E-state index < -0.39 is 0 Å². The van der Waals surface area contributed by atoms with E-state index in [0.29, 0.717) is 0 Å². The van der Waals surface area contributed by atoms with Gasteiger partial charge in [-0.1, -0.05) is 60.7 Å². The minimum Gasteiger partial charge on any atom is -0.508 e. The van der Waals surface area contributed by atoms with Gasteiger partial charge in [0.05, 0.1) is 0 Å². The summed E-state index contributed by atoms with van der Waals surface area (Å²) in [7, 11) is 0. The maximum absolute atomic E-state index is 9.80. The summed E-state index contributed by atoms with van der Waals surface area (Å²) in [6.07, 6.45) is 0. The van der Waals surface area contributed by atoms with Crippen LogP contribution in [0.4, 0.5) is 34.1 Å². The summed E-state index contributed by atoms with van der Waals surface area (Å²) in [4.78, 5) is 4.34. The summed E-state index contributed by atoms with van der Waals surface area (Å²) < 4.78 is 0. The zero-order valence-electron chi connectivity index (χ0n) is 21.8. The second-order valence-corrected chi connectivity index (χ2v) is 9.47. The van der Waals surface area contributed by atoms with Crippen molar-refractivity contribution >= 4 is 34.1 Å². The Morgan fingerprint density at radius 2 is 0.525 bits per heavy atom. The molecule has 0 spiro atoms. The van der Waals surface area contributed by atoms with E-state index >= 15 is 0 Å². The Balaban J connectivity index is 1.31. The number of nitrogens with zero attached hydrogens (tertiary/aromatic N) is 2. The first kappa shape index (κ1) is 24.8. The van der Waals surface area contributed by atoms with E-state index in [4.69, 9.17) is 0 Å². The quantitative estimate of drug-likeness (QED) is 0.220. The highest BCUT2D eigenvalue weighted by Crippen LogP contribution is 2.38. The maximum atomic E-state index is 9.80. The van der Waals surface area contributed by atoms with Gasteiger partial charge in [0.15, 0.2) is 0 Å². The van der Waals surface area contributed by atoms with Crippen LogP contribution in [0.5, 0.6) is 11.5 Å². The first-order valence-corrected chi connectivity index (χ1v) is 13.1. The van der Waals surface area contributed by atoms with Crippen molar-refractivity contribution in [3.63, 3.8) is 0 Å². The van der Waals surface area contributed by atoms with Crippen molar-refractivity contribution in [1.82, 2.24) is 0 Å². The summed E-state index contributed by atoms with van der Waals surface area (Å²) in [6, 6.07) is 51.9. The molecule has 0 fully saturated rings. The van der Waals surface area contributed by atoms with Gasteiger partial charge >= 0.3 is 0 Å². The molecule has 0 saturated heterocycles. The summed E-state index contributed by atoms with van der Waals surface area (Å²) in [6.45, 7) is 0. The smallest absolute Gasteiger partial charge is 0.115 e. The number of para-hydroxylation sites is 2. The Labute approximate surface area is 234 Å². The summed E-state index contributed by atoms with van der Waals surface area (Å²) in [5.74, 6) is 0.485. The summed E-state index contributed by atoms with van der Waals surface area (Å²) in [5.41, 5.74) is 8.31. The van der Waals surface area contributed by atoms with Crippen LogP contribution in [0.3, 0.4) is 0 Å². The third-order valence-electron chi connectivity index (χ3n) is 6.83. The molecule has 0 aliphatic heterocycles. The molecule has 0 atom stereocenters. The predicted octanol–water partition coefficient (Wildman–Crippen LogP) is 9.70. The average Bonchev–Trinajstić information content (AvgIpc) is 3.01. The fraction of sp³-hybridized carbons (Fsp3) is 0. The van der Waals surface area contributed by atoms with Crippen LogP contribution in [-0.4, -0.2) is 10.2 Å². The first-order chi connectivity index (χ1) is 19.7. The Bertz CT molecular complexity index is 1540. The van der Waals surface area contributed by atoms with E-state index in [0.717, 1.165) is 45.3 Å². The van der Waals surface area contributed by atoms with Gasteiger partial charge in [-0.25, -0.2) is 0 Å². The van der Waals surface area contributed by atoms with Crippen molar-refractivity contribution in [2.75, 3.05) is 9.80 Å². The van der Waals surface area contributed by atoms with Gasteiger partial charge in [0, 0.05) is 34.1 Å². The molecular weight excluding hydrogens is 492 g/mol. The fourth-order valence-corrected chi connectivity index (χ4v) is 4.86. The van der Waals surface area contributed by atoms with E-state index in [-0.39, 0.29) is 11.5 Å². The molecule has 6 aromatic rings. The Morgan fingerprint density at radius 3 is 0.825 bits per heavy atom.